The van der Waals surface area contributed by atoms with Crippen LogP contribution in [0.2, 0.25) is 0 Å². The summed E-state index contributed by atoms with van der Waals surface area (Å²) in [6.45, 7) is 0.869. The third-order valence-corrected chi connectivity index (χ3v) is 3.53. The molecule has 0 atom stereocenters. The molecule has 1 fully saturated rings. The zero-order chi connectivity index (χ0) is 15.4. The summed E-state index contributed by atoms with van der Waals surface area (Å²) in [5.41, 5.74) is 0.0255. The zero-order valence-electron chi connectivity index (χ0n) is 11.3. The molecule has 1 aromatic rings. The Morgan fingerprint density at radius 3 is 2.48 bits per heavy atom. The van der Waals surface area contributed by atoms with Gasteiger partial charge >= 0.3 is 11.8 Å². The Morgan fingerprint density at radius 2 is 1.90 bits per heavy atom. The van der Waals surface area contributed by atoms with Crippen LogP contribution in [0.5, 0.6) is 0 Å². The van der Waals surface area contributed by atoms with E-state index in [1.807, 2.05) is 0 Å². The molecule has 7 heteroatoms. The van der Waals surface area contributed by atoms with Gasteiger partial charge < -0.3 is 15.3 Å². The molecule has 114 valence electrons. The molecule has 1 heterocycles. The maximum absolute atomic E-state index is 13.0. The maximum Gasteiger partial charge on any atom is 0.313 e. The van der Waals surface area contributed by atoms with E-state index >= 15 is 0 Å². The molecule has 0 radical (unpaired) electrons. The molecule has 1 aliphatic heterocycles. The van der Waals surface area contributed by atoms with Gasteiger partial charge in [0.15, 0.2) is 11.6 Å². The second kappa shape index (κ2) is 6.62. The molecule has 2 amide bonds. The lowest BCUT2D eigenvalue weighted by Gasteiger charge is -2.30. The number of likely N-dealkylation sites (tertiary alicyclic amines) is 1. The fraction of sp³-hybridized carbons (Fsp3) is 0.429. The zero-order valence-corrected chi connectivity index (χ0v) is 11.3. The summed E-state index contributed by atoms with van der Waals surface area (Å²) in [5, 5.41) is 11.3. The predicted molar refractivity (Wildman–Crippen MR) is 71.4 cm³/mol. The maximum atomic E-state index is 13.0. The summed E-state index contributed by atoms with van der Waals surface area (Å²) < 4.78 is 25.8. The van der Waals surface area contributed by atoms with Crippen molar-refractivity contribution < 1.29 is 23.5 Å². The van der Waals surface area contributed by atoms with Crippen molar-refractivity contribution in [3.63, 3.8) is 0 Å². The van der Waals surface area contributed by atoms with E-state index in [-0.39, 0.29) is 18.2 Å². The summed E-state index contributed by atoms with van der Waals surface area (Å²) >= 11 is 0. The first-order valence-electron chi connectivity index (χ1n) is 6.67. The molecule has 0 spiro atoms. The van der Waals surface area contributed by atoms with Crippen LogP contribution in [0.3, 0.4) is 0 Å². The molecular weight excluding hydrogens is 282 g/mol. The molecule has 0 unspecified atom stereocenters. The second-order valence-electron chi connectivity index (χ2n) is 5.00. The number of rotatable bonds is 2. The van der Waals surface area contributed by atoms with Gasteiger partial charge in [0, 0.05) is 31.5 Å². The standard InChI is InChI=1S/C14H16F2N2O3/c15-11-2-1-10(7-12(11)16)17-13(20)14(21)18-5-3-9(8-19)4-6-18/h1-2,7,9,19H,3-6,8H2,(H,17,20). The minimum atomic E-state index is -1.09. The highest BCUT2D eigenvalue weighted by atomic mass is 19.2. The van der Waals surface area contributed by atoms with E-state index in [0.717, 1.165) is 12.1 Å². The molecule has 1 aliphatic rings. The van der Waals surface area contributed by atoms with Gasteiger partial charge in [-0.25, -0.2) is 8.78 Å². The van der Waals surface area contributed by atoms with Gasteiger partial charge in [-0.05, 0) is 30.9 Å². The first-order valence-corrected chi connectivity index (χ1v) is 6.67. The lowest BCUT2D eigenvalue weighted by molar-refractivity contribution is -0.144. The summed E-state index contributed by atoms with van der Waals surface area (Å²) in [5.74, 6) is -3.56. The molecule has 1 saturated heterocycles. The molecule has 5 nitrogen and oxygen atoms in total. The van der Waals surface area contributed by atoms with Crippen LogP contribution in [0.1, 0.15) is 12.8 Å². The monoisotopic (exact) mass is 298 g/mol. The Balaban J connectivity index is 1.93. The van der Waals surface area contributed by atoms with E-state index < -0.39 is 23.4 Å². The molecule has 1 aromatic carbocycles. The number of anilines is 1. The fourth-order valence-electron chi connectivity index (χ4n) is 2.22. The number of benzene rings is 1. The number of nitrogens with zero attached hydrogens (tertiary/aromatic N) is 1. The Hall–Kier alpha value is -2.02. The minimum Gasteiger partial charge on any atom is -0.396 e. The number of amides is 2. The van der Waals surface area contributed by atoms with Crippen molar-refractivity contribution in [3.05, 3.63) is 29.8 Å². The third-order valence-electron chi connectivity index (χ3n) is 3.53. The fourth-order valence-corrected chi connectivity index (χ4v) is 2.22. The smallest absolute Gasteiger partial charge is 0.313 e. The van der Waals surface area contributed by atoms with Crippen LogP contribution in [0.4, 0.5) is 14.5 Å². The van der Waals surface area contributed by atoms with Crippen LogP contribution in [0, 0.1) is 17.6 Å². The van der Waals surface area contributed by atoms with Gasteiger partial charge in [0.1, 0.15) is 0 Å². The average Bonchev–Trinajstić information content (AvgIpc) is 2.50. The molecule has 2 rings (SSSR count). The highest BCUT2D eigenvalue weighted by Gasteiger charge is 2.26. The van der Waals surface area contributed by atoms with E-state index in [1.165, 1.54) is 11.0 Å². The second-order valence-corrected chi connectivity index (χ2v) is 5.00. The highest BCUT2D eigenvalue weighted by molar-refractivity contribution is 6.39. The van der Waals surface area contributed by atoms with E-state index in [9.17, 15) is 18.4 Å². The summed E-state index contributed by atoms with van der Waals surface area (Å²) in [6.07, 6.45) is 1.28. The van der Waals surface area contributed by atoms with E-state index in [2.05, 4.69) is 5.32 Å². The van der Waals surface area contributed by atoms with Gasteiger partial charge in [-0.3, -0.25) is 9.59 Å². The van der Waals surface area contributed by atoms with Gasteiger partial charge in [-0.2, -0.15) is 0 Å². The van der Waals surface area contributed by atoms with Crippen molar-refractivity contribution in [2.75, 3.05) is 25.0 Å². The summed E-state index contributed by atoms with van der Waals surface area (Å²) in [6, 6.07) is 2.88. The van der Waals surface area contributed by atoms with Gasteiger partial charge in [-0.1, -0.05) is 0 Å². The Labute approximate surface area is 120 Å². The molecule has 0 saturated carbocycles. The molecule has 0 bridgehead atoms. The lowest BCUT2D eigenvalue weighted by atomic mass is 9.98. The number of aliphatic hydroxyl groups excluding tert-OH is 1. The Bertz CT molecular complexity index is 543. The largest absolute Gasteiger partial charge is 0.396 e. The number of aliphatic hydroxyl groups is 1. The number of nitrogens with one attached hydrogen (secondary N) is 1. The van der Waals surface area contributed by atoms with Crippen molar-refractivity contribution >= 4 is 17.5 Å². The predicted octanol–water partition coefficient (Wildman–Crippen LogP) is 1.13. The van der Waals surface area contributed by atoms with Crippen LogP contribution >= 0.6 is 0 Å². The SMILES string of the molecule is O=C(Nc1ccc(F)c(F)c1)C(=O)N1CCC(CO)CC1. The molecule has 0 aromatic heterocycles. The number of carbonyl (C=O) groups is 2. The van der Waals surface area contributed by atoms with Crippen LogP contribution in [0.15, 0.2) is 18.2 Å². The normalized spacial score (nSPS) is 15.9. The van der Waals surface area contributed by atoms with Crippen molar-refractivity contribution in [3.8, 4) is 0 Å². The van der Waals surface area contributed by atoms with Crippen molar-refractivity contribution in [2.45, 2.75) is 12.8 Å². The van der Waals surface area contributed by atoms with Gasteiger partial charge in [-0.15, -0.1) is 0 Å². The van der Waals surface area contributed by atoms with Gasteiger partial charge in [0.25, 0.3) is 0 Å². The van der Waals surface area contributed by atoms with Crippen molar-refractivity contribution in [2.24, 2.45) is 5.92 Å². The first kappa shape index (κ1) is 15.4. The van der Waals surface area contributed by atoms with E-state index in [4.69, 9.17) is 5.11 Å². The van der Waals surface area contributed by atoms with Crippen LogP contribution < -0.4 is 5.32 Å². The molecule has 21 heavy (non-hydrogen) atoms. The van der Waals surface area contributed by atoms with Gasteiger partial charge in [0.2, 0.25) is 0 Å². The number of halogens is 2. The van der Waals surface area contributed by atoms with Crippen LogP contribution in [-0.4, -0.2) is 41.5 Å². The molecule has 0 aliphatic carbocycles. The van der Waals surface area contributed by atoms with Crippen molar-refractivity contribution in [1.29, 1.82) is 0 Å². The first-order chi connectivity index (χ1) is 10.0. The summed E-state index contributed by atoms with van der Waals surface area (Å²) in [4.78, 5) is 25.1. The highest BCUT2D eigenvalue weighted by Crippen LogP contribution is 2.17. The minimum absolute atomic E-state index is 0.0255. The van der Waals surface area contributed by atoms with E-state index in [1.54, 1.807) is 0 Å². The topological polar surface area (TPSA) is 69.6 Å². The van der Waals surface area contributed by atoms with Crippen LogP contribution in [0.25, 0.3) is 0 Å². The number of piperidine rings is 1. The van der Waals surface area contributed by atoms with E-state index in [0.29, 0.717) is 25.9 Å². The Kier molecular flexibility index (Phi) is 4.85. The van der Waals surface area contributed by atoms with Gasteiger partial charge in [0.05, 0.1) is 0 Å². The molecular formula is C14H16F2N2O3. The number of hydrogen-bond acceptors (Lipinski definition) is 3. The Morgan fingerprint density at radius 1 is 1.24 bits per heavy atom. The van der Waals surface area contributed by atoms with Crippen LogP contribution in [-0.2, 0) is 9.59 Å². The lowest BCUT2D eigenvalue weighted by Crippen LogP contribution is -2.44. The summed E-state index contributed by atoms with van der Waals surface area (Å²) in [7, 11) is 0. The number of carbonyl (C=O) groups excluding carboxylic acids is 2. The quantitative estimate of drug-likeness (QED) is 0.804. The van der Waals surface area contributed by atoms with Crippen molar-refractivity contribution in [1.82, 2.24) is 4.90 Å². The number of hydrogen-bond donors (Lipinski definition) is 2. The third kappa shape index (κ3) is 3.75. The molecule has 2 N–H and O–H groups in total. The average molecular weight is 298 g/mol.